The summed E-state index contributed by atoms with van der Waals surface area (Å²) in [6, 6.07) is 3.18. The number of carbonyl (C=O) groups is 3. The van der Waals surface area contributed by atoms with Crippen molar-refractivity contribution in [3.05, 3.63) is 41.5 Å². The van der Waals surface area contributed by atoms with Gasteiger partial charge < -0.3 is 24.4 Å². The van der Waals surface area contributed by atoms with E-state index < -0.39 is 64.5 Å². The second-order valence-corrected chi connectivity index (χ2v) is 11.4. The fourth-order valence-electron chi connectivity index (χ4n) is 4.80. The summed E-state index contributed by atoms with van der Waals surface area (Å²) in [5.41, 5.74) is 0.511. The summed E-state index contributed by atoms with van der Waals surface area (Å²) in [6.07, 6.45) is 1.22. The van der Waals surface area contributed by atoms with Gasteiger partial charge in [0.05, 0.1) is 19.7 Å². The zero-order valence-electron chi connectivity index (χ0n) is 20.3. The molecule has 3 amide bonds. The summed E-state index contributed by atoms with van der Waals surface area (Å²) >= 11 is 0. The van der Waals surface area contributed by atoms with E-state index in [0.29, 0.717) is 11.3 Å². The number of ether oxygens (including phenoxy) is 1. The molecule has 2 atom stereocenters. The van der Waals surface area contributed by atoms with Crippen molar-refractivity contribution in [1.82, 2.24) is 19.1 Å². The van der Waals surface area contributed by atoms with Gasteiger partial charge >= 0.3 is 11.8 Å². The molecule has 1 aromatic carbocycles. The Labute approximate surface area is 215 Å². The average molecular weight is 556 g/mol. The Morgan fingerprint density at radius 1 is 1.13 bits per heavy atom. The Hall–Kier alpha value is -3.59. The van der Waals surface area contributed by atoms with Gasteiger partial charge in [0.15, 0.2) is 11.4 Å². The molecule has 0 saturated carbocycles. The molecule has 2 saturated heterocycles. The molecule has 3 aliphatic rings. The van der Waals surface area contributed by atoms with Crippen molar-refractivity contribution >= 4 is 33.4 Å². The third-order valence-electron chi connectivity index (χ3n) is 6.81. The Balaban J connectivity index is 1.35. The van der Waals surface area contributed by atoms with Crippen molar-refractivity contribution in [2.75, 3.05) is 38.1 Å². The van der Waals surface area contributed by atoms with Crippen molar-refractivity contribution in [2.24, 2.45) is 13.0 Å². The highest BCUT2D eigenvalue weighted by atomic mass is 32.2. The van der Waals surface area contributed by atoms with Crippen LogP contribution in [0.1, 0.15) is 16.1 Å². The number of nitrogens with one attached hydrogen (secondary N) is 2. The summed E-state index contributed by atoms with van der Waals surface area (Å²) in [5, 5.41) is 2.60. The molecule has 3 aliphatic heterocycles. The van der Waals surface area contributed by atoms with Gasteiger partial charge in [0.1, 0.15) is 10.7 Å². The Bertz CT molecular complexity index is 1450. The van der Waals surface area contributed by atoms with Crippen LogP contribution in [0.15, 0.2) is 29.3 Å². The molecule has 0 spiro atoms. The zero-order valence-corrected chi connectivity index (χ0v) is 21.1. The van der Waals surface area contributed by atoms with Gasteiger partial charge in [-0.25, -0.2) is 26.3 Å². The maximum atomic E-state index is 13.6. The molecule has 5 rings (SSSR count). The number of fused-ring (bicyclic) bond motifs is 2. The first-order valence-corrected chi connectivity index (χ1v) is 13.1. The van der Waals surface area contributed by atoms with Gasteiger partial charge in [-0.05, 0) is 30.7 Å². The SMILES string of the molecule is Cc1cc(NC(=O)c2c3c(cn2C)S(=O)(=O)N[C@H]2CN(C(=O)C(=O)N4CC(F)(F)C4)C[C@H]2CO3)ccc1F. The van der Waals surface area contributed by atoms with E-state index in [-0.39, 0.29) is 36.0 Å². The number of likely N-dealkylation sites (tertiary alicyclic amines) is 2. The number of hydrogen-bond donors (Lipinski definition) is 2. The minimum absolute atomic E-state index is 0.0550. The maximum absolute atomic E-state index is 13.6. The quantitative estimate of drug-likeness (QED) is 0.525. The number of rotatable bonds is 2. The highest BCUT2D eigenvalue weighted by Crippen LogP contribution is 2.35. The number of sulfonamides is 1. The number of anilines is 1. The van der Waals surface area contributed by atoms with E-state index in [4.69, 9.17) is 4.74 Å². The molecule has 0 radical (unpaired) electrons. The second kappa shape index (κ2) is 9.01. The van der Waals surface area contributed by atoms with Gasteiger partial charge in [-0.1, -0.05) is 0 Å². The lowest BCUT2D eigenvalue weighted by Gasteiger charge is -2.38. The van der Waals surface area contributed by atoms with Crippen LogP contribution < -0.4 is 14.8 Å². The van der Waals surface area contributed by atoms with Crippen LogP contribution in [0, 0.1) is 18.7 Å². The number of carbonyl (C=O) groups excluding carboxylic acids is 3. The van der Waals surface area contributed by atoms with E-state index in [9.17, 15) is 36.0 Å². The molecule has 38 heavy (non-hydrogen) atoms. The molecule has 4 heterocycles. The van der Waals surface area contributed by atoms with Crippen LogP contribution in [-0.4, -0.2) is 85.3 Å². The number of aryl methyl sites for hydroxylation is 2. The van der Waals surface area contributed by atoms with E-state index in [0.717, 1.165) is 9.80 Å². The zero-order chi connectivity index (χ0) is 27.6. The number of nitrogens with zero attached hydrogens (tertiary/aromatic N) is 3. The van der Waals surface area contributed by atoms with E-state index in [1.165, 1.54) is 42.9 Å². The van der Waals surface area contributed by atoms with E-state index in [2.05, 4.69) is 10.0 Å². The van der Waals surface area contributed by atoms with Crippen LogP contribution >= 0.6 is 0 Å². The maximum Gasteiger partial charge on any atom is 0.312 e. The van der Waals surface area contributed by atoms with Gasteiger partial charge in [0, 0.05) is 44.0 Å². The molecule has 0 unspecified atom stereocenters. The minimum atomic E-state index is -4.23. The van der Waals surface area contributed by atoms with Crippen molar-refractivity contribution in [3.8, 4) is 5.75 Å². The molecular formula is C23H24F3N5O6S. The summed E-state index contributed by atoms with van der Waals surface area (Å²) in [7, 11) is -2.76. The molecule has 0 aliphatic carbocycles. The number of halogens is 3. The molecule has 0 bridgehead atoms. The molecule has 1 aromatic heterocycles. The first-order chi connectivity index (χ1) is 17.8. The molecule has 15 heteroatoms. The Morgan fingerprint density at radius 2 is 1.82 bits per heavy atom. The monoisotopic (exact) mass is 555 g/mol. The van der Waals surface area contributed by atoms with Gasteiger partial charge in [-0.15, -0.1) is 0 Å². The van der Waals surface area contributed by atoms with Crippen LogP contribution in [0.5, 0.6) is 5.75 Å². The molecule has 204 valence electrons. The number of aromatic nitrogens is 1. The number of benzene rings is 1. The smallest absolute Gasteiger partial charge is 0.312 e. The van der Waals surface area contributed by atoms with Crippen LogP contribution in [0.4, 0.5) is 18.9 Å². The fourth-order valence-corrected chi connectivity index (χ4v) is 6.29. The topological polar surface area (TPSA) is 130 Å². The summed E-state index contributed by atoms with van der Waals surface area (Å²) in [6.45, 7) is -0.455. The van der Waals surface area contributed by atoms with Crippen LogP contribution in [0.3, 0.4) is 0 Å². The first-order valence-electron chi connectivity index (χ1n) is 11.6. The molecule has 11 nitrogen and oxygen atoms in total. The number of alkyl halides is 2. The van der Waals surface area contributed by atoms with Crippen molar-refractivity contribution in [1.29, 1.82) is 0 Å². The lowest BCUT2D eigenvalue weighted by Crippen LogP contribution is -2.61. The molecule has 2 aromatic rings. The minimum Gasteiger partial charge on any atom is -0.489 e. The Kier molecular flexibility index (Phi) is 6.17. The molecular weight excluding hydrogens is 531 g/mol. The van der Waals surface area contributed by atoms with Gasteiger partial charge in [-0.2, -0.15) is 0 Å². The van der Waals surface area contributed by atoms with Crippen molar-refractivity contribution in [2.45, 2.75) is 23.8 Å². The average Bonchev–Trinajstić information content (AvgIpc) is 3.36. The normalized spacial score (nSPS) is 23.3. The number of hydrogen-bond acceptors (Lipinski definition) is 6. The van der Waals surface area contributed by atoms with Crippen LogP contribution in [0.2, 0.25) is 0 Å². The van der Waals surface area contributed by atoms with Crippen molar-refractivity contribution < 1.29 is 40.7 Å². The highest BCUT2D eigenvalue weighted by molar-refractivity contribution is 7.89. The third kappa shape index (κ3) is 4.60. The van der Waals surface area contributed by atoms with Crippen molar-refractivity contribution in [3.63, 3.8) is 0 Å². The van der Waals surface area contributed by atoms with E-state index in [1.54, 1.807) is 0 Å². The summed E-state index contributed by atoms with van der Waals surface area (Å²) in [4.78, 5) is 39.6. The lowest BCUT2D eigenvalue weighted by molar-refractivity contribution is -0.173. The van der Waals surface area contributed by atoms with Crippen LogP contribution in [-0.2, 0) is 26.7 Å². The second-order valence-electron chi connectivity index (χ2n) is 9.73. The molecule has 2 N–H and O–H groups in total. The fraction of sp³-hybridized carbons (Fsp3) is 0.435. The number of amides is 3. The first kappa shape index (κ1) is 26.0. The predicted molar refractivity (Wildman–Crippen MR) is 126 cm³/mol. The lowest BCUT2D eigenvalue weighted by atomic mass is 10.1. The standard InChI is InChI=1S/C23H24F3N5O6S/c1-12-5-14(3-4-15(12)24)27-20(32)18-19-17(8-29(18)2)38(35,36)28-16-7-30(6-13(16)9-37-19)21(33)22(34)31-10-23(25,26)11-31/h3-5,8,13,16,28H,6-7,9-11H2,1-2H3,(H,27,32)/t13-,16-/m0/s1. The predicted octanol–water partition coefficient (Wildman–Crippen LogP) is 0.700. The van der Waals surface area contributed by atoms with Gasteiger partial charge in [0.25, 0.3) is 11.8 Å². The third-order valence-corrected chi connectivity index (χ3v) is 8.30. The van der Waals surface area contributed by atoms with E-state index in [1.807, 2.05) is 0 Å². The van der Waals surface area contributed by atoms with E-state index >= 15 is 0 Å². The van der Waals surface area contributed by atoms with Crippen LogP contribution in [0.25, 0.3) is 0 Å². The summed E-state index contributed by atoms with van der Waals surface area (Å²) < 4.78 is 75.9. The van der Waals surface area contributed by atoms with Gasteiger partial charge in [-0.3, -0.25) is 14.4 Å². The molecule has 2 fully saturated rings. The summed E-state index contributed by atoms with van der Waals surface area (Å²) in [5.74, 6) is -7.02. The highest BCUT2D eigenvalue weighted by Gasteiger charge is 2.50. The van der Waals surface area contributed by atoms with Gasteiger partial charge in [0.2, 0.25) is 10.0 Å². The Morgan fingerprint density at radius 3 is 2.47 bits per heavy atom. The largest absolute Gasteiger partial charge is 0.489 e.